The number of pyridine rings is 1. The Morgan fingerprint density at radius 1 is 1.00 bits per heavy atom. The number of nitrogens with zero attached hydrogens (tertiary/aromatic N) is 3. The summed E-state index contributed by atoms with van der Waals surface area (Å²) < 4.78 is 30.0. The first-order valence-electron chi connectivity index (χ1n) is 11.4. The first-order valence-corrected chi connectivity index (χ1v) is 11.4. The van der Waals surface area contributed by atoms with Crippen LogP contribution in [0.5, 0.6) is 5.75 Å². The van der Waals surface area contributed by atoms with E-state index in [1.165, 1.54) is 36.5 Å². The molecule has 1 aliphatic carbocycles. The quantitative estimate of drug-likeness (QED) is 0.604. The smallest absolute Gasteiger partial charge is 0.223 e. The van der Waals surface area contributed by atoms with Crippen LogP contribution in [0.4, 0.5) is 8.78 Å². The van der Waals surface area contributed by atoms with Crippen LogP contribution in [0.2, 0.25) is 0 Å². The highest BCUT2D eigenvalue weighted by Crippen LogP contribution is 2.42. The number of halogens is 2. The van der Waals surface area contributed by atoms with Crippen LogP contribution in [-0.4, -0.2) is 32.5 Å². The normalized spacial score (nSPS) is 20.6. The van der Waals surface area contributed by atoms with Gasteiger partial charge in [0, 0.05) is 18.3 Å². The van der Waals surface area contributed by atoms with Gasteiger partial charge in [0.05, 0.1) is 12.7 Å². The Labute approximate surface area is 196 Å². The van der Waals surface area contributed by atoms with Crippen molar-refractivity contribution in [2.24, 2.45) is 0 Å². The number of aliphatic hydroxyl groups is 1. The summed E-state index contributed by atoms with van der Waals surface area (Å²) in [5, 5.41) is 24.2. The van der Waals surface area contributed by atoms with Gasteiger partial charge in [0.15, 0.2) is 11.5 Å². The van der Waals surface area contributed by atoms with E-state index in [2.05, 4.69) is 0 Å². The van der Waals surface area contributed by atoms with Crippen LogP contribution in [0.15, 0.2) is 53.5 Å². The molecule has 1 aliphatic heterocycles. The fourth-order valence-corrected chi connectivity index (χ4v) is 5.42. The Morgan fingerprint density at radius 3 is 2.09 bits per heavy atom. The molecule has 5 rings (SSSR count). The van der Waals surface area contributed by atoms with Crippen molar-refractivity contribution in [3.05, 3.63) is 98.5 Å². The Bertz CT molecular complexity index is 1280. The number of hydrogen-bond acceptors (Lipinski definition) is 5. The number of benzene rings is 2. The molecule has 3 aromatic rings. The summed E-state index contributed by atoms with van der Waals surface area (Å²) in [7, 11) is 0. The Morgan fingerprint density at radius 2 is 1.56 bits per heavy atom. The van der Waals surface area contributed by atoms with E-state index in [0.29, 0.717) is 12.8 Å². The van der Waals surface area contributed by atoms with Gasteiger partial charge < -0.3 is 10.2 Å². The molecule has 34 heavy (non-hydrogen) atoms. The fourth-order valence-electron chi connectivity index (χ4n) is 5.42. The standard InChI is InChI=1S/C26H27F2N3O3/c1-15(2)29-14-31(30-11-10-22(32)24(33)25(30)26(29,3)34)23-20-8-6-18(27)12-16(20)4-5-17-13-19(28)7-9-21(17)23/h6-13,15,23,33-34H,4-5,14H2,1-3H3. The molecule has 0 saturated heterocycles. The average Bonchev–Trinajstić information content (AvgIpc) is 2.92. The second kappa shape index (κ2) is 7.92. The molecular weight excluding hydrogens is 440 g/mol. The lowest BCUT2D eigenvalue weighted by molar-refractivity contribution is -0.139. The largest absolute Gasteiger partial charge is 0.503 e. The minimum absolute atomic E-state index is 0.0523. The van der Waals surface area contributed by atoms with Crippen LogP contribution in [0, 0.1) is 11.6 Å². The molecule has 1 aromatic heterocycles. The maximum absolute atomic E-state index is 14.2. The summed E-state index contributed by atoms with van der Waals surface area (Å²) in [6.07, 6.45) is 2.62. The molecule has 1 atom stereocenters. The maximum Gasteiger partial charge on any atom is 0.223 e. The lowest BCUT2D eigenvalue weighted by atomic mass is 9.93. The van der Waals surface area contributed by atoms with Crippen molar-refractivity contribution in [3.63, 3.8) is 0 Å². The van der Waals surface area contributed by atoms with Crippen molar-refractivity contribution in [3.8, 4) is 5.75 Å². The lowest BCUT2D eigenvalue weighted by Gasteiger charge is -2.52. The predicted octanol–water partition coefficient (Wildman–Crippen LogP) is 3.50. The molecule has 2 heterocycles. The second-order valence-electron chi connectivity index (χ2n) is 9.48. The van der Waals surface area contributed by atoms with Crippen molar-refractivity contribution in [2.75, 3.05) is 11.7 Å². The number of aromatic hydroxyl groups is 1. The average molecular weight is 468 g/mol. The van der Waals surface area contributed by atoms with E-state index >= 15 is 0 Å². The van der Waals surface area contributed by atoms with Crippen molar-refractivity contribution < 1.29 is 19.0 Å². The molecule has 2 aromatic carbocycles. The number of hydrogen-bond donors (Lipinski definition) is 2. The summed E-state index contributed by atoms with van der Waals surface area (Å²) in [6.45, 7) is 5.62. The Kier molecular flexibility index (Phi) is 5.26. The first-order chi connectivity index (χ1) is 16.1. The van der Waals surface area contributed by atoms with Gasteiger partial charge in [-0.3, -0.25) is 14.5 Å². The topological polar surface area (TPSA) is 68.9 Å². The molecule has 0 radical (unpaired) electrons. The van der Waals surface area contributed by atoms with Gasteiger partial charge in [-0.15, -0.1) is 0 Å². The van der Waals surface area contributed by atoms with E-state index in [1.807, 2.05) is 18.9 Å². The summed E-state index contributed by atoms with van der Waals surface area (Å²) in [4.78, 5) is 14.1. The molecule has 8 heteroatoms. The van der Waals surface area contributed by atoms with Crippen molar-refractivity contribution in [2.45, 2.75) is 51.4 Å². The number of aromatic nitrogens is 1. The fraction of sp³-hybridized carbons (Fsp3) is 0.346. The highest BCUT2D eigenvalue weighted by molar-refractivity contribution is 5.48. The highest BCUT2D eigenvalue weighted by atomic mass is 19.1. The van der Waals surface area contributed by atoms with Crippen molar-refractivity contribution in [1.82, 2.24) is 9.58 Å². The van der Waals surface area contributed by atoms with Gasteiger partial charge in [0.2, 0.25) is 5.43 Å². The first kappa shape index (κ1) is 22.6. The molecule has 0 amide bonds. The molecule has 1 unspecified atom stereocenters. The third-order valence-corrected chi connectivity index (χ3v) is 7.02. The molecular formula is C26H27F2N3O3. The molecule has 0 saturated carbocycles. The molecule has 0 fully saturated rings. The Hall–Kier alpha value is -3.23. The zero-order valence-electron chi connectivity index (χ0n) is 19.3. The zero-order valence-corrected chi connectivity index (χ0v) is 19.3. The van der Waals surface area contributed by atoms with Gasteiger partial charge in [0.1, 0.15) is 17.3 Å². The van der Waals surface area contributed by atoms with Crippen LogP contribution in [-0.2, 0) is 18.6 Å². The van der Waals surface area contributed by atoms with Crippen molar-refractivity contribution in [1.29, 1.82) is 0 Å². The Balaban J connectivity index is 1.81. The number of fused-ring (bicyclic) bond motifs is 3. The minimum Gasteiger partial charge on any atom is -0.503 e. The number of aryl methyl sites for hydroxylation is 2. The molecule has 2 N–H and O–H groups in total. The van der Waals surface area contributed by atoms with E-state index in [4.69, 9.17) is 0 Å². The van der Waals surface area contributed by atoms with E-state index < -0.39 is 22.9 Å². The molecule has 2 aliphatic rings. The van der Waals surface area contributed by atoms with Gasteiger partial charge in [-0.2, -0.15) is 0 Å². The van der Waals surface area contributed by atoms with Crippen LogP contribution in [0.3, 0.4) is 0 Å². The van der Waals surface area contributed by atoms with Crippen LogP contribution in [0.1, 0.15) is 54.8 Å². The summed E-state index contributed by atoms with van der Waals surface area (Å²) in [5.74, 6) is -1.22. The minimum atomic E-state index is -1.63. The van der Waals surface area contributed by atoms with Gasteiger partial charge in [-0.25, -0.2) is 13.7 Å². The second-order valence-corrected chi connectivity index (χ2v) is 9.48. The lowest BCUT2D eigenvalue weighted by Crippen LogP contribution is -2.62. The predicted molar refractivity (Wildman–Crippen MR) is 124 cm³/mol. The van der Waals surface area contributed by atoms with Gasteiger partial charge in [-0.1, -0.05) is 12.1 Å². The molecule has 0 bridgehead atoms. The van der Waals surface area contributed by atoms with Gasteiger partial charge in [-0.05, 0) is 80.1 Å². The summed E-state index contributed by atoms with van der Waals surface area (Å²) in [5.41, 5.74) is 1.14. The number of rotatable bonds is 2. The van der Waals surface area contributed by atoms with Crippen LogP contribution < -0.4 is 10.4 Å². The van der Waals surface area contributed by atoms with Crippen molar-refractivity contribution >= 4 is 0 Å². The monoisotopic (exact) mass is 467 g/mol. The van der Waals surface area contributed by atoms with Crippen LogP contribution >= 0.6 is 0 Å². The van der Waals surface area contributed by atoms with E-state index in [-0.39, 0.29) is 30.0 Å². The highest BCUT2D eigenvalue weighted by Gasteiger charge is 2.46. The zero-order chi connectivity index (χ0) is 24.4. The van der Waals surface area contributed by atoms with E-state index in [0.717, 1.165) is 22.3 Å². The third-order valence-electron chi connectivity index (χ3n) is 7.02. The maximum atomic E-state index is 14.2. The molecule has 178 valence electrons. The molecule has 0 spiro atoms. The van der Waals surface area contributed by atoms with E-state index in [9.17, 15) is 23.8 Å². The SMILES string of the molecule is CC(C)N1CN(C2c3ccc(F)cc3CCc3cc(F)ccc32)n2ccc(=O)c(O)c2C1(C)O. The van der Waals surface area contributed by atoms with Crippen LogP contribution in [0.25, 0.3) is 0 Å². The summed E-state index contributed by atoms with van der Waals surface area (Å²) >= 11 is 0. The van der Waals surface area contributed by atoms with E-state index in [1.54, 1.807) is 28.6 Å². The van der Waals surface area contributed by atoms with Gasteiger partial charge in [0.25, 0.3) is 0 Å². The molecule has 6 nitrogen and oxygen atoms in total. The summed E-state index contributed by atoms with van der Waals surface area (Å²) in [6, 6.07) is 9.93. The van der Waals surface area contributed by atoms with Gasteiger partial charge >= 0.3 is 0 Å². The third kappa shape index (κ3) is 3.40.